The Labute approximate surface area is 162 Å². The fourth-order valence-corrected chi connectivity index (χ4v) is 3.58. The summed E-state index contributed by atoms with van der Waals surface area (Å²) in [5, 5.41) is 33.9. The van der Waals surface area contributed by atoms with Crippen molar-refractivity contribution in [3.8, 4) is 0 Å². The number of nitrogens with zero attached hydrogens (tertiary/aromatic N) is 1. The summed E-state index contributed by atoms with van der Waals surface area (Å²) in [5.41, 5.74) is 0. The molecule has 0 aliphatic carbocycles. The Hall–Kier alpha value is -1.23. The van der Waals surface area contributed by atoms with E-state index in [0.29, 0.717) is 25.8 Å². The summed E-state index contributed by atoms with van der Waals surface area (Å²) in [6.45, 7) is 0.962. The minimum atomic E-state index is -1.38. The van der Waals surface area contributed by atoms with E-state index in [9.17, 15) is 20.1 Å². The van der Waals surface area contributed by atoms with Gasteiger partial charge in [0, 0.05) is 11.4 Å². The average molecular weight is 450 g/mol. The van der Waals surface area contributed by atoms with Crippen LogP contribution in [0.2, 0.25) is 5.02 Å². The van der Waals surface area contributed by atoms with E-state index in [-0.39, 0.29) is 6.54 Å². The number of carbonyl (C=O) groups excluding carboxylic acids is 1. The third kappa shape index (κ3) is 3.60. The molecule has 2 heterocycles. The third-order valence-electron chi connectivity index (χ3n) is 4.25. The van der Waals surface area contributed by atoms with E-state index < -0.39 is 43.2 Å². The molecular formula is C16H18BrClN2O6. The number of aliphatic hydroxyl groups excluding tert-OH is 3. The lowest BCUT2D eigenvalue weighted by molar-refractivity contribution is -0.252. The zero-order chi connectivity index (χ0) is 19.0. The van der Waals surface area contributed by atoms with Crippen LogP contribution in [0.4, 0.5) is 0 Å². The molecule has 0 radical (unpaired) electrons. The van der Waals surface area contributed by atoms with Crippen molar-refractivity contribution in [1.29, 1.82) is 0 Å². The Kier molecular flexibility index (Phi) is 5.85. The Balaban J connectivity index is 1.96. The Morgan fingerprint density at radius 1 is 1.46 bits per heavy atom. The highest BCUT2D eigenvalue weighted by molar-refractivity contribution is 9.10. The Morgan fingerprint density at radius 2 is 2.19 bits per heavy atom. The monoisotopic (exact) mass is 448 g/mol. The van der Waals surface area contributed by atoms with Gasteiger partial charge in [-0.2, -0.15) is 0 Å². The van der Waals surface area contributed by atoms with Gasteiger partial charge in [-0.05, 0) is 28.1 Å². The van der Waals surface area contributed by atoms with Crippen LogP contribution in [-0.4, -0.2) is 65.0 Å². The number of benzene rings is 1. The molecule has 0 unspecified atom stereocenters. The summed E-state index contributed by atoms with van der Waals surface area (Å²) < 4.78 is 12.1. The van der Waals surface area contributed by atoms with Crippen molar-refractivity contribution in [1.82, 2.24) is 5.32 Å². The van der Waals surface area contributed by atoms with Crippen LogP contribution >= 0.6 is 27.5 Å². The highest BCUT2D eigenvalue weighted by Crippen LogP contribution is 2.25. The molecule has 0 aromatic heterocycles. The first-order valence-corrected chi connectivity index (χ1v) is 9.08. The molecule has 1 saturated heterocycles. The second-order valence-corrected chi connectivity index (χ2v) is 7.28. The van der Waals surface area contributed by atoms with Gasteiger partial charge in [-0.25, -0.2) is 0 Å². The standard InChI is InChI=1S/C16H18BrClN2O6/c1-6(22)20-13-15(24)14(23)10(5-21)26-16(13)25-9-4-19-8-3-2-7(17)12(18)11(8)9/h2-3,10,13-16,21,23-24H,4-5H2,1H3,(H,20,22)/t10-,13+,14-,15+,16-/m1/s1. The molecule has 0 spiro atoms. The summed E-state index contributed by atoms with van der Waals surface area (Å²) in [6.07, 6.45) is -4.96. The minimum absolute atomic E-state index is 0.209. The molecule has 0 bridgehead atoms. The number of amides is 1. The number of nitrogens with one attached hydrogen (secondary N) is 1. The summed E-state index contributed by atoms with van der Waals surface area (Å²) in [7, 11) is 0. The molecule has 2 aliphatic rings. The smallest absolute Gasteiger partial charge is 0.223 e. The van der Waals surface area contributed by atoms with E-state index in [1.54, 1.807) is 12.1 Å². The molecule has 26 heavy (non-hydrogen) atoms. The Morgan fingerprint density at radius 3 is 2.85 bits per heavy atom. The van der Waals surface area contributed by atoms with Gasteiger partial charge in [0.05, 0.1) is 28.8 Å². The number of halogens is 2. The van der Waals surface area contributed by atoms with E-state index in [1.807, 2.05) is 0 Å². The molecule has 0 saturated carbocycles. The van der Waals surface area contributed by atoms with Gasteiger partial charge in [-0.1, -0.05) is 11.6 Å². The summed E-state index contributed by atoms with van der Waals surface area (Å²) in [4.78, 5) is 15.8. The van der Waals surface area contributed by atoms with Crippen LogP contribution in [0.1, 0.15) is 6.92 Å². The number of hydrogen-bond donors (Lipinski definition) is 4. The first-order chi connectivity index (χ1) is 12.3. The minimum Gasteiger partial charge on any atom is -0.464 e. The highest BCUT2D eigenvalue weighted by atomic mass is 79.9. The van der Waals surface area contributed by atoms with Gasteiger partial charge < -0.3 is 30.1 Å². The predicted molar refractivity (Wildman–Crippen MR) is 94.7 cm³/mol. The second-order valence-electron chi connectivity index (χ2n) is 6.05. The normalized spacial score (nSPS) is 30.5. The van der Waals surface area contributed by atoms with Gasteiger partial charge >= 0.3 is 0 Å². The van der Waals surface area contributed by atoms with Gasteiger partial charge in [-0.15, -0.1) is 0 Å². The lowest BCUT2D eigenvalue weighted by Gasteiger charge is -2.42. The second kappa shape index (κ2) is 7.79. The quantitative estimate of drug-likeness (QED) is 0.458. The van der Waals surface area contributed by atoms with Crippen LogP contribution in [0, 0.1) is 0 Å². The first-order valence-electron chi connectivity index (χ1n) is 7.91. The fraction of sp³-hybridized carbons (Fsp3) is 0.500. The molecule has 2 aliphatic heterocycles. The van der Waals surface area contributed by atoms with Gasteiger partial charge in [0.1, 0.15) is 30.1 Å². The molecular weight excluding hydrogens is 432 g/mol. The molecule has 142 valence electrons. The highest BCUT2D eigenvalue weighted by Gasteiger charge is 2.46. The van der Waals surface area contributed by atoms with Crippen molar-refractivity contribution in [3.05, 3.63) is 32.2 Å². The van der Waals surface area contributed by atoms with Crippen molar-refractivity contribution >= 4 is 39.2 Å². The largest absolute Gasteiger partial charge is 0.464 e. The predicted octanol–water partition coefficient (Wildman–Crippen LogP) is -1.20. The van der Waals surface area contributed by atoms with Crippen molar-refractivity contribution < 1.29 is 29.6 Å². The van der Waals surface area contributed by atoms with Crippen LogP contribution in [0.5, 0.6) is 0 Å². The molecule has 1 aromatic carbocycles. The van der Waals surface area contributed by atoms with Crippen molar-refractivity contribution in [2.75, 3.05) is 13.2 Å². The van der Waals surface area contributed by atoms with Crippen molar-refractivity contribution in [2.24, 2.45) is 4.99 Å². The number of aliphatic hydroxyl groups is 3. The topological polar surface area (TPSA) is 121 Å². The maximum atomic E-state index is 11.5. The molecule has 10 heteroatoms. The molecule has 5 atom stereocenters. The average Bonchev–Trinajstić information content (AvgIpc) is 3.01. The number of hydrogen-bond acceptors (Lipinski definition) is 7. The zero-order valence-electron chi connectivity index (χ0n) is 13.7. The summed E-state index contributed by atoms with van der Waals surface area (Å²) >= 11 is 9.68. The van der Waals surface area contributed by atoms with E-state index in [1.165, 1.54) is 6.92 Å². The summed E-state index contributed by atoms with van der Waals surface area (Å²) in [6, 6.07) is 2.52. The molecule has 3 rings (SSSR count). The van der Waals surface area contributed by atoms with Gasteiger partial charge in [0.2, 0.25) is 12.2 Å². The molecule has 4 N–H and O–H groups in total. The number of carbonyl (C=O) groups is 1. The number of ether oxygens (including phenoxy) is 2. The summed E-state index contributed by atoms with van der Waals surface area (Å²) in [5.74, 6) is -0.0184. The van der Waals surface area contributed by atoms with Gasteiger partial charge in [0.25, 0.3) is 0 Å². The van der Waals surface area contributed by atoms with E-state index in [2.05, 4.69) is 26.2 Å². The van der Waals surface area contributed by atoms with Crippen LogP contribution in [0.15, 0.2) is 21.6 Å². The lowest BCUT2D eigenvalue weighted by atomic mass is 9.97. The van der Waals surface area contributed by atoms with E-state index in [4.69, 9.17) is 21.1 Å². The van der Waals surface area contributed by atoms with Gasteiger partial charge in [0.15, 0.2) is 0 Å². The maximum absolute atomic E-state index is 11.5. The van der Waals surface area contributed by atoms with E-state index >= 15 is 0 Å². The molecule has 1 fully saturated rings. The van der Waals surface area contributed by atoms with E-state index in [0.717, 1.165) is 0 Å². The maximum Gasteiger partial charge on any atom is 0.223 e. The SMILES string of the molecule is CC(=O)N[C@@H]1[C@H](OC2=c3c(Cl)c(Br)ccc3=NC2)O[C@H](CO)[C@@H](O)[C@H]1O. The van der Waals surface area contributed by atoms with Crippen LogP contribution in [0.25, 0.3) is 5.76 Å². The van der Waals surface area contributed by atoms with Crippen LogP contribution < -0.4 is 15.9 Å². The molecule has 1 aromatic rings. The van der Waals surface area contributed by atoms with Crippen LogP contribution in [-0.2, 0) is 14.3 Å². The fourth-order valence-electron chi connectivity index (χ4n) is 2.98. The zero-order valence-corrected chi connectivity index (χ0v) is 16.1. The van der Waals surface area contributed by atoms with Gasteiger partial charge in [-0.3, -0.25) is 9.79 Å². The molecule has 8 nitrogen and oxygen atoms in total. The number of fused-ring (bicyclic) bond motifs is 1. The van der Waals surface area contributed by atoms with Crippen molar-refractivity contribution in [2.45, 2.75) is 37.6 Å². The first kappa shape index (κ1) is 19.5. The Bertz CT molecular complexity index is 835. The van der Waals surface area contributed by atoms with Crippen molar-refractivity contribution in [3.63, 3.8) is 0 Å². The number of rotatable bonds is 4. The lowest BCUT2D eigenvalue weighted by Crippen LogP contribution is -2.64. The third-order valence-corrected chi connectivity index (χ3v) is 5.54. The van der Waals surface area contributed by atoms with Crippen LogP contribution in [0.3, 0.4) is 0 Å². The molecule has 1 amide bonds.